The van der Waals surface area contributed by atoms with E-state index < -0.39 is 39.2 Å². The van der Waals surface area contributed by atoms with E-state index in [4.69, 9.17) is 5.11 Å². The predicted octanol–water partition coefficient (Wildman–Crippen LogP) is 3.30. The highest BCUT2D eigenvalue weighted by atomic mass is 127. The molecule has 0 aromatic carbocycles. The second kappa shape index (κ2) is 5.02. The van der Waals surface area contributed by atoms with Crippen LogP contribution >= 0.6 is 22.6 Å². The highest BCUT2D eigenvalue weighted by molar-refractivity contribution is 14.1. The van der Waals surface area contributed by atoms with Crippen molar-refractivity contribution in [3.05, 3.63) is 21.0 Å². The zero-order valence-corrected chi connectivity index (χ0v) is 10.6. The Morgan fingerprint density at radius 2 is 1.79 bits per heavy atom. The van der Waals surface area contributed by atoms with Crippen LogP contribution in [0.3, 0.4) is 0 Å². The molecule has 0 atom stereocenters. The zero-order chi connectivity index (χ0) is 15.0. The van der Waals surface area contributed by atoms with Crippen LogP contribution in [0.2, 0.25) is 0 Å². The largest absolute Gasteiger partial charge is 0.573 e. The zero-order valence-electron chi connectivity index (χ0n) is 8.43. The molecule has 1 heterocycles. The molecule has 0 unspecified atom stereocenters. The molecule has 0 fully saturated rings. The van der Waals surface area contributed by atoms with E-state index in [1.54, 1.807) is 0 Å². The molecule has 4 nitrogen and oxygen atoms in total. The van der Waals surface area contributed by atoms with E-state index in [2.05, 4.69) is 9.72 Å². The Kier molecular flexibility index (Phi) is 4.17. The van der Waals surface area contributed by atoms with Gasteiger partial charge in [0.05, 0.1) is 5.56 Å². The van der Waals surface area contributed by atoms with Gasteiger partial charge < -0.3 is 9.84 Å². The average Bonchev–Trinajstić information content (AvgIpc) is 2.16. The summed E-state index contributed by atoms with van der Waals surface area (Å²) in [5.41, 5.74) is -3.22. The van der Waals surface area contributed by atoms with E-state index in [0.29, 0.717) is 0 Å². The first kappa shape index (κ1) is 15.8. The summed E-state index contributed by atoms with van der Waals surface area (Å²) in [6.07, 6.45) is -10.4. The van der Waals surface area contributed by atoms with Crippen molar-refractivity contribution in [1.29, 1.82) is 0 Å². The Morgan fingerprint density at radius 3 is 2.16 bits per heavy atom. The summed E-state index contributed by atoms with van der Waals surface area (Å²) in [4.78, 5) is 13.6. The van der Waals surface area contributed by atoms with Gasteiger partial charge in [0, 0.05) is 0 Å². The van der Waals surface area contributed by atoms with Gasteiger partial charge in [0.2, 0.25) is 0 Å². The van der Waals surface area contributed by atoms with Crippen molar-refractivity contribution < 1.29 is 41.0 Å². The van der Waals surface area contributed by atoms with Crippen LogP contribution < -0.4 is 4.74 Å². The SMILES string of the molecule is O=C(O)c1nc(I)c(OC(F)(F)F)cc1C(F)(F)F. The third kappa shape index (κ3) is 4.11. The number of halogens is 7. The summed E-state index contributed by atoms with van der Waals surface area (Å²) in [5, 5.41) is 8.55. The highest BCUT2D eigenvalue weighted by Crippen LogP contribution is 2.36. The van der Waals surface area contributed by atoms with Gasteiger partial charge in [-0.2, -0.15) is 13.2 Å². The second-order valence-electron chi connectivity index (χ2n) is 3.02. The van der Waals surface area contributed by atoms with Crippen molar-refractivity contribution in [3.63, 3.8) is 0 Å². The van der Waals surface area contributed by atoms with Gasteiger partial charge in [-0.05, 0) is 28.7 Å². The van der Waals surface area contributed by atoms with Crippen LogP contribution in [-0.2, 0) is 6.18 Å². The Balaban J connectivity index is 3.43. The molecule has 0 aliphatic rings. The minimum atomic E-state index is -5.21. The molecule has 0 aliphatic heterocycles. The summed E-state index contributed by atoms with van der Waals surface area (Å²) >= 11 is 1.14. The maximum absolute atomic E-state index is 12.5. The Labute approximate surface area is 114 Å². The molecule has 0 saturated heterocycles. The molecule has 106 valence electrons. The van der Waals surface area contributed by atoms with Crippen LogP contribution in [0.15, 0.2) is 6.07 Å². The van der Waals surface area contributed by atoms with Gasteiger partial charge >= 0.3 is 18.5 Å². The number of aromatic nitrogens is 1. The fourth-order valence-electron chi connectivity index (χ4n) is 1.05. The standard InChI is InChI=1S/C8H2F6INO3/c9-7(10,11)2-1-3(19-8(12,13)14)5(15)16-4(2)6(17)18/h1H,(H,17,18). The summed E-state index contributed by atoms with van der Waals surface area (Å²) in [5.74, 6) is -3.23. The molecule has 0 amide bonds. The Morgan fingerprint density at radius 1 is 1.26 bits per heavy atom. The van der Waals surface area contributed by atoms with Crippen LogP contribution in [0.5, 0.6) is 5.75 Å². The number of carboxylic acids is 1. The summed E-state index contributed by atoms with van der Waals surface area (Å²) < 4.78 is 76.1. The van der Waals surface area contributed by atoms with Crippen molar-refractivity contribution in [3.8, 4) is 5.75 Å². The van der Waals surface area contributed by atoms with Crippen LogP contribution in [-0.4, -0.2) is 22.4 Å². The van der Waals surface area contributed by atoms with E-state index in [1.165, 1.54) is 0 Å². The van der Waals surface area contributed by atoms with Crippen molar-refractivity contribution in [2.24, 2.45) is 0 Å². The lowest BCUT2D eigenvalue weighted by molar-refractivity contribution is -0.275. The third-order valence-electron chi connectivity index (χ3n) is 1.68. The number of hydrogen-bond acceptors (Lipinski definition) is 3. The minimum Gasteiger partial charge on any atom is -0.476 e. The molecule has 19 heavy (non-hydrogen) atoms. The second-order valence-corrected chi connectivity index (χ2v) is 4.05. The average molecular weight is 401 g/mol. The van der Waals surface area contributed by atoms with E-state index in [9.17, 15) is 31.1 Å². The molecule has 1 aromatic heterocycles. The van der Waals surface area contributed by atoms with Gasteiger partial charge in [-0.1, -0.05) is 0 Å². The molecule has 11 heteroatoms. The highest BCUT2D eigenvalue weighted by Gasteiger charge is 2.39. The number of pyridine rings is 1. The number of carbonyl (C=O) groups is 1. The summed E-state index contributed by atoms with van der Waals surface area (Å²) in [7, 11) is 0. The number of alkyl halides is 6. The summed E-state index contributed by atoms with van der Waals surface area (Å²) in [6.45, 7) is 0. The van der Waals surface area contributed by atoms with E-state index in [-0.39, 0.29) is 6.07 Å². The summed E-state index contributed by atoms with van der Waals surface area (Å²) in [6, 6.07) is -0.0499. The first-order chi connectivity index (χ1) is 8.42. The molecule has 1 rings (SSSR count). The van der Waals surface area contributed by atoms with Gasteiger partial charge in [-0.3, -0.25) is 0 Å². The molecular formula is C8H2F6INO3. The number of ether oxygens (including phenoxy) is 1. The predicted molar refractivity (Wildman–Crippen MR) is 55.6 cm³/mol. The fourth-order valence-corrected chi connectivity index (χ4v) is 1.55. The lowest BCUT2D eigenvalue weighted by atomic mass is 10.2. The van der Waals surface area contributed by atoms with Gasteiger partial charge in [0.15, 0.2) is 11.4 Å². The molecule has 1 N–H and O–H groups in total. The van der Waals surface area contributed by atoms with E-state index >= 15 is 0 Å². The molecule has 0 bridgehead atoms. The Bertz CT molecular complexity index is 512. The van der Waals surface area contributed by atoms with Crippen molar-refractivity contribution >= 4 is 28.6 Å². The van der Waals surface area contributed by atoms with Crippen LogP contribution in [0, 0.1) is 3.70 Å². The van der Waals surface area contributed by atoms with Gasteiger partial charge in [-0.25, -0.2) is 9.78 Å². The quantitative estimate of drug-likeness (QED) is 0.470. The number of carboxylic acid groups (broad SMARTS) is 1. The third-order valence-corrected chi connectivity index (χ3v) is 2.45. The molecule has 0 aliphatic carbocycles. The number of hydrogen-bond donors (Lipinski definition) is 1. The van der Waals surface area contributed by atoms with Crippen LogP contribution in [0.1, 0.15) is 16.1 Å². The lowest BCUT2D eigenvalue weighted by Gasteiger charge is -2.14. The van der Waals surface area contributed by atoms with Crippen LogP contribution in [0.25, 0.3) is 0 Å². The molecule has 0 radical (unpaired) electrons. The van der Waals surface area contributed by atoms with Crippen molar-refractivity contribution in [2.75, 3.05) is 0 Å². The topological polar surface area (TPSA) is 59.4 Å². The molecule has 1 aromatic rings. The van der Waals surface area contributed by atoms with Crippen molar-refractivity contribution in [1.82, 2.24) is 4.98 Å². The van der Waals surface area contributed by atoms with E-state index in [1.807, 2.05) is 0 Å². The minimum absolute atomic E-state index is 0.0499. The molecule has 0 saturated carbocycles. The number of rotatable bonds is 2. The van der Waals surface area contributed by atoms with Crippen LogP contribution in [0.4, 0.5) is 26.3 Å². The normalized spacial score (nSPS) is 12.4. The Hall–Kier alpha value is -1.27. The number of nitrogens with zero attached hydrogens (tertiary/aromatic N) is 1. The fraction of sp³-hybridized carbons (Fsp3) is 0.250. The van der Waals surface area contributed by atoms with Gasteiger partial charge in [-0.15, -0.1) is 13.2 Å². The van der Waals surface area contributed by atoms with E-state index in [0.717, 1.165) is 22.6 Å². The monoisotopic (exact) mass is 401 g/mol. The maximum Gasteiger partial charge on any atom is 0.573 e. The van der Waals surface area contributed by atoms with Gasteiger partial charge in [0.1, 0.15) is 3.70 Å². The molecular weight excluding hydrogens is 399 g/mol. The first-order valence-electron chi connectivity index (χ1n) is 4.18. The smallest absolute Gasteiger partial charge is 0.476 e. The van der Waals surface area contributed by atoms with Crippen molar-refractivity contribution in [2.45, 2.75) is 12.5 Å². The van der Waals surface area contributed by atoms with Gasteiger partial charge in [0.25, 0.3) is 0 Å². The molecule has 0 spiro atoms. The number of aromatic carboxylic acids is 1. The first-order valence-corrected chi connectivity index (χ1v) is 5.26. The lowest BCUT2D eigenvalue weighted by Crippen LogP contribution is -2.21. The maximum atomic E-state index is 12.5.